The van der Waals surface area contributed by atoms with Gasteiger partial charge >= 0.3 is 5.97 Å². The quantitative estimate of drug-likeness (QED) is 0.609. The molecule has 1 aromatic carbocycles. The minimum absolute atomic E-state index is 0.0177. The number of aromatic hydroxyl groups is 1. The second kappa shape index (κ2) is 6.74. The van der Waals surface area contributed by atoms with Crippen LogP contribution in [0.4, 0.5) is 5.69 Å². The molecule has 0 heterocycles. The third-order valence-corrected chi connectivity index (χ3v) is 2.83. The van der Waals surface area contributed by atoms with Gasteiger partial charge in [-0.1, -0.05) is 19.9 Å². The maximum Gasteiger partial charge on any atom is 0.339 e. The van der Waals surface area contributed by atoms with E-state index < -0.39 is 23.7 Å². The van der Waals surface area contributed by atoms with Gasteiger partial charge in [0.1, 0.15) is 11.6 Å². The van der Waals surface area contributed by atoms with Gasteiger partial charge in [-0.25, -0.2) is 4.79 Å². The van der Waals surface area contributed by atoms with E-state index in [0.717, 1.165) is 0 Å². The molecule has 1 aromatic rings. The maximum atomic E-state index is 12.1. The van der Waals surface area contributed by atoms with E-state index in [2.05, 4.69) is 10.6 Å². The molecule has 0 aromatic heterocycles. The highest BCUT2D eigenvalue weighted by molar-refractivity contribution is 6.00. The number of phenols is 1. The molecule has 0 radical (unpaired) electrons. The van der Waals surface area contributed by atoms with Gasteiger partial charge in [-0.2, -0.15) is 0 Å². The molecule has 1 unspecified atom stereocenters. The van der Waals surface area contributed by atoms with Gasteiger partial charge in [-0.05, 0) is 18.1 Å². The summed E-state index contributed by atoms with van der Waals surface area (Å²) in [6.45, 7) is 4.81. The standard InChI is InChI=1S/C14H18N2O5/c1-7(2)11(15-8(3)17)13(19)16-10-6-4-5-9(12(10)18)14(20)21/h4-7,11,18H,1-3H3,(H,15,17)(H,16,19)(H,20,21). The number of hydrogen-bond donors (Lipinski definition) is 4. The Kier molecular flexibility index (Phi) is 5.29. The molecule has 0 aliphatic carbocycles. The minimum atomic E-state index is -1.30. The fourth-order valence-electron chi connectivity index (χ4n) is 1.78. The highest BCUT2D eigenvalue weighted by Crippen LogP contribution is 2.27. The highest BCUT2D eigenvalue weighted by atomic mass is 16.4. The summed E-state index contributed by atoms with van der Waals surface area (Å²) in [5.74, 6) is -2.88. The van der Waals surface area contributed by atoms with Crippen molar-refractivity contribution in [1.82, 2.24) is 5.32 Å². The number of carbonyl (C=O) groups is 3. The molecule has 4 N–H and O–H groups in total. The molecule has 0 fully saturated rings. The van der Waals surface area contributed by atoms with Gasteiger partial charge in [-0.15, -0.1) is 0 Å². The average molecular weight is 294 g/mol. The summed E-state index contributed by atoms with van der Waals surface area (Å²) >= 11 is 0. The second-order valence-electron chi connectivity index (χ2n) is 4.92. The second-order valence-corrected chi connectivity index (χ2v) is 4.92. The third kappa shape index (κ3) is 4.20. The lowest BCUT2D eigenvalue weighted by Crippen LogP contribution is -2.46. The van der Waals surface area contributed by atoms with Crippen LogP contribution < -0.4 is 10.6 Å². The summed E-state index contributed by atoms with van der Waals surface area (Å²) in [5.41, 5.74) is -0.329. The van der Waals surface area contributed by atoms with E-state index in [9.17, 15) is 19.5 Å². The third-order valence-electron chi connectivity index (χ3n) is 2.83. The van der Waals surface area contributed by atoms with Crippen molar-refractivity contribution in [3.05, 3.63) is 23.8 Å². The molecular weight excluding hydrogens is 276 g/mol. The van der Waals surface area contributed by atoms with Gasteiger partial charge in [0.05, 0.1) is 5.69 Å². The van der Waals surface area contributed by atoms with Crippen molar-refractivity contribution in [1.29, 1.82) is 0 Å². The largest absolute Gasteiger partial charge is 0.505 e. The van der Waals surface area contributed by atoms with E-state index in [1.54, 1.807) is 13.8 Å². The Morgan fingerprint density at radius 3 is 2.29 bits per heavy atom. The average Bonchev–Trinajstić information content (AvgIpc) is 2.37. The zero-order valence-corrected chi connectivity index (χ0v) is 12.0. The summed E-state index contributed by atoms with van der Waals surface area (Å²) < 4.78 is 0. The Morgan fingerprint density at radius 2 is 1.81 bits per heavy atom. The molecular formula is C14H18N2O5. The number of rotatable bonds is 5. The molecule has 1 rings (SSSR count). The van der Waals surface area contributed by atoms with Crippen LogP contribution in [0.5, 0.6) is 5.75 Å². The van der Waals surface area contributed by atoms with Crippen LogP contribution in [0.3, 0.4) is 0 Å². The van der Waals surface area contributed by atoms with Crippen LogP contribution in [-0.2, 0) is 9.59 Å². The van der Waals surface area contributed by atoms with E-state index in [1.165, 1.54) is 25.1 Å². The lowest BCUT2D eigenvalue weighted by Gasteiger charge is -2.21. The first kappa shape index (κ1) is 16.5. The van der Waals surface area contributed by atoms with Crippen LogP contribution in [0.25, 0.3) is 0 Å². The Hall–Kier alpha value is -2.57. The van der Waals surface area contributed by atoms with E-state index in [4.69, 9.17) is 5.11 Å². The van der Waals surface area contributed by atoms with Crippen LogP contribution in [-0.4, -0.2) is 34.0 Å². The number of para-hydroxylation sites is 1. The highest BCUT2D eigenvalue weighted by Gasteiger charge is 2.24. The number of nitrogens with one attached hydrogen (secondary N) is 2. The molecule has 114 valence electrons. The van der Waals surface area contributed by atoms with Crippen molar-refractivity contribution >= 4 is 23.5 Å². The van der Waals surface area contributed by atoms with Gasteiger partial charge in [0.15, 0.2) is 5.75 Å². The first-order chi connectivity index (χ1) is 9.73. The van der Waals surface area contributed by atoms with Crippen LogP contribution in [0.1, 0.15) is 31.1 Å². The molecule has 1 atom stereocenters. The Balaban J connectivity index is 2.99. The van der Waals surface area contributed by atoms with Gasteiger partial charge in [0.2, 0.25) is 11.8 Å². The van der Waals surface area contributed by atoms with E-state index in [1.807, 2.05) is 0 Å². The van der Waals surface area contributed by atoms with Crippen molar-refractivity contribution in [3.8, 4) is 5.75 Å². The number of carboxylic acids is 1. The number of carbonyl (C=O) groups excluding carboxylic acids is 2. The molecule has 0 saturated heterocycles. The molecule has 0 bridgehead atoms. The number of carboxylic acid groups (broad SMARTS) is 1. The Labute approximate surface area is 122 Å². The molecule has 0 saturated carbocycles. The van der Waals surface area contributed by atoms with E-state index >= 15 is 0 Å². The van der Waals surface area contributed by atoms with Crippen LogP contribution in [0.15, 0.2) is 18.2 Å². The smallest absolute Gasteiger partial charge is 0.339 e. The predicted molar refractivity (Wildman–Crippen MR) is 76.1 cm³/mol. The number of benzene rings is 1. The van der Waals surface area contributed by atoms with Gasteiger partial charge in [-0.3, -0.25) is 9.59 Å². The first-order valence-corrected chi connectivity index (χ1v) is 6.37. The summed E-state index contributed by atoms with van der Waals surface area (Å²) in [5, 5.41) is 23.7. The van der Waals surface area contributed by atoms with Gasteiger partial charge in [0, 0.05) is 6.92 Å². The fourth-order valence-corrected chi connectivity index (χ4v) is 1.78. The predicted octanol–water partition coefficient (Wildman–Crippen LogP) is 1.19. The summed E-state index contributed by atoms with van der Waals surface area (Å²) in [7, 11) is 0. The molecule has 0 aliphatic rings. The van der Waals surface area contributed by atoms with Crippen molar-refractivity contribution in [2.24, 2.45) is 5.92 Å². The zero-order chi connectivity index (χ0) is 16.2. The van der Waals surface area contributed by atoms with Crippen molar-refractivity contribution in [2.75, 3.05) is 5.32 Å². The molecule has 7 heteroatoms. The lowest BCUT2D eigenvalue weighted by molar-refractivity contribution is -0.126. The summed E-state index contributed by atoms with van der Waals surface area (Å²) in [6, 6.07) is 3.23. The molecule has 7 nitrogen and oxygen atoms in total. The lowest BCUT2D eigenvalue weighted by atomic mass is 10.0. The number of amides is 2. The van der Waals surface area contributed by atoms with Crippen molar-refractivity contribution in [2.45, 2.75) is 26.8 Å². The minimum Gasteiger partial charge on any atom is -0.505 e. The maximum absolute atomic E-state index is 12.1. The van der Waals surface area contributed by atoms with E-state index in [-0.39, 0.29) is 23.1 Å². The summed E-state index contributed by atoms with van der Waals surface area (Å²) in [4.78, 5) is 34.2. The topological polar surface area (TPSA) is 116 Å². The molecule has 0 spiro atoms. The SMILES string of the molecule is CC(=O)NC(C(=O)Nc1cccc(C(=O)O)c1O)C(C)C. The van der Waals surface area contributed by atoms with E-state index in [0.29, 0.717) is 0 Å². The molecule has 21 heavy (non-hydrogen) atoms. The normalized spacial score (nSPS) is 11.8. The molecule has 2 amide bonds. The zero-order valence-electron chi connectivity index (χ0n) is 12.0. The monoisotopic (exact) mass is 294 g/mol. The Bertz CT molecular complexity index is 568. The number of aromatic carboxylic acids is 1. The van der Waals surface area contributed by atoms with Crippen LogP contribution >= 0.6 is 0 Å². The van der Waals surface area contributed by atoms with Gasteiger partial charge < -0.3 is 20.8 Å². The van der Waals surface area contributed by atoms with Crippen LogP contribution in [0.2, 0.25) is 0 Å². The molecule has 0 aliphatic heterocycles. The fraction of sp³-hybridized carbons (Fsp3) is 0.357. The summed E-state index contributed by atoms with van der Waals surface area (Å²) in [6.07, 6.45) is 0. The van der Waals surface area contributed by atoms with Crippen LogP contribution in [0, 0.1) is 5.92 Å². The van der Waals surface area contributed by atoms with Crippen molar-refractivity contribution in [3.63, 3.8) is 0 Å². The Morgan fingerprint density at radius 1 is 1.19 bits per heavy atom. The first-order valence-electron chi connectivity index (χ1n) is 6.37. The number of hydrogen-bond acceptors (Lipinski definition) is 4. The van der Waals surface area contributed by atoms with Gasteiger partial charge in [0.25, 0.3) is 0 Å². The number of anilines is 1. The van der Waals surface area contributed by atoms with Crippen molar-refractivity contribution < 1.29 is 24.6 Å².